The Kier molecular flexibility index (Phi) is 3.09. The van der Waals surface area contributed by atoms with Crippen LogP contribution in [-0.4, -0.2) is 9.97 Å². The van der Waals surface area contributed by atoms with E-state index in [0.717, 1.165) is 0 Å². The Morgan fingerprint density at radius 3 is 2.76 bits per heavy atom. The van der Waals surface area contributed by atoms with Crippen LogP contribution in [0.4, 0.5) is 5.82 Å². The molecular weight excluding hydrogens is 256 g/mol. The molecule has 1 heterocycles. The first kappa shape index (κ1) is 11.6. The molecule has 0 aliphatic heterocycles. The van der Waals surface area contributed by atoms with Crippen molar-refractivity contribution in [3.8, 4) is 17.3 Å². The number of aromatic nitrogens is 2. The Balaban J connectivity index is 2.81. The maximum Gasteiger partial charge on any atom is 0.199 e. The van der Waals surface area contributed by atoms with Crippen LogP contribution in [0.1, 0.15) is 5.56 Å². The van der Waals surface area contributed by atoms with Gasteiger partial charge in [0.15, 0.2) is 4.77 Å². The van der Waals surface area contributed by atoms with E-state index in [9.17, 15) is 0 Å². The van der Waals surface area contributed by atoms with E-state index in [1.165, 1.54) is 0 Å². The quantitative estimate of drug-likeness (QED) is 0.775. The van der Waals surface area contributed by atoms with E-state index in [4.69, 9.17) is 34.8 Å². The van der Waals surface area contributed by atoms with Crippen LogP contribution in [0.3, 0.4) is 0 Å². The Labute approximate surface area is 108 Å². The van der Waals surface area contributed by atoms with Gasteiger partial charge in [0, 0.05) is 10.6 Å². The van der Waals surface area contributed by atoms with Crippen molar-refractivity contribution in [1.82, 2.24) is 9.97 Å². The number of hydrogen-bond donors (Lipinski definition) is 2. The van der Waals surface area contributed by atoms with Crippen LogP contribution in [-0.2, 0) is 0 Å². The first-order valence-corrected chi connectivity index (χ1v) is 5.47. The standard InChI is InChI=1S/C11H7ClN4S/c12-8-4-2-1-3-6(8)9-7(5-13)10(14)16-11(17)15-9/h1-4H,(H3,14,15,16,17). The van der Waals surface area contributed by atoms with Gasteiger partial charge in [0.25, 0.3) is 0 Å². The number of nitrogen functional groups attached to an aromatic ring is 1. The summed E-state index contributed by atoms with van der Waals surface area (Å²) in [7, 11) is 0. The molecule has 17 heavy (non-hydrogen) atoms. The van der Waals surface area contributed by atoms with Crippen molar-refractivity contribution >= 4 is 29.6 Å². The predicted octanol–water partition coefficient (Wildman–Crippen LogP) is 2.91. The van der Waals surface area contributed by atoms with Gasteiger partial charge in [-0.1, -0.05) is 29.8 Å². The van der Waals surface area contributed by atoms with Crippen molar-refractivity contribution in [3.05, 3.63) is 39.6 Å². The topological polar surface area (TPSA) is 78.5 Å². The summed E-state index contributed by atoms with van der Waals surface area (Å²) in [6.07, 6.45) is 0. The van der Waals surface area contributed by atoms with Gasteiger partial charge in [0.05, 0.1) is 5.69 Å². The highest BCUT2D eigenvalue weighted by molar-refractivity contribution is 7.71. The number of hydrogen-bond acceptors (Lipinski definition) is 4. The minimum absolute atomic E-state index is 0.103. The molecule has 0 radical (unpaired) electrons. The van der Waals surface area contributed by atoms with Gasteiger partial charge in [0.1, 0.15) is 17.5 Å². The van der Waals surface area contributed by atoms with Gasteiger partial charge in [-0.05, 0) is 18.3 Å². The Morgan fingerprint density at radius 2 is 2.12 bits per heavy atom. The summed E-state index contributed by atoms with van der Waals surface area (Å²) in [6, 6.07) is 9.12. The van der Waals surface area contributed by atoms with Gasteiger partial charge in [0.2, 0.25) is 0 Å². The van der Waals surface area contributed by atoms with E-state index in [1.54, 1.807) is 18.2 Å². The average molecular weight is 263 g/mol. The van der Waals surface area contributed by atoms with Crippen LogP contribution in [0.5, 0.6) is 0 Å². The first-order chi connectivity index (χ1) is 8.13. The van der Waals surface area contributed by atoms with Crippen LogP contribution in [0.25, 0.3) is 11.3 Å². The third kappa shape index (κ3) is 2.13. The number of nitrogens with one attached hydrogen (secondary N) is 1. The third-order valence-corrected chi connectivity index (χ3v) is 2.74. The van der Waals surface area contributed by atoms with Crippen LogP contribution in [0.15, 0.2) is 24.3 Å². The van der Waals surface area contributed by atoms with Crippen molar-refractivity contribution in [2.24, 2.45) is 0 Å². The van der Waals surface area contributed by atoms with Crippen molar-refractivity contribution in [1.29, 1.82) is 5.26 Å². The number of nitrogens with two attached hydrogens (primary N) is 1. The van der Waals surface area contributed by atoms with Gasteiger partial charge in [-0.2, -0.15) is 5.26 Å². The molecule has 1 aromatic carbocycles. The molecule has 6 heteroatoms. The number of anilines is 1. The maximum atomic E-state index is 9.08. The molecule has 0 spiro atoms. The highest BCUT2D eigenvalue weighted by atomic mass is 35.5. The molecule has 2 rings (SSSR count). The zero-order valence-corrected chi connectivity index (χ0v) is 10.1. The fourth-order valence-electron chi connectivity index (χ4n) is 1.47. The summed E-state index contributed by atoms with van der Waals surface area (Å²) in [5.74, 6) is 0.103. The zero-order valence-electron chi connectivity index (χ0n) is 8.57. The zero-order chi connectivity index (χ0) is 12.4. The molecule has 4 nitrogen and oxygen atoms in total. The lowest BCUT2D eigenvalue weighted by Crippen LogP contribution is -2.01. The van der Waals surface area contributed by atoms with Crippen LogP contribution in [0.2, 0.25) is 5.02 Å². The fraction of sp³-hybridized carbons (Fsp3) is 0. The molecule has 0 amide bonds. The highest BCUT2D eigenvalue weighted by Gasteiger charge is 2.12. The fourth-order valence-corrected chi connectivity index (χ4v) is 1.90. The monoisotopic (exact) mass is 262 g/mol. The molecule has 0 aliphatic rings. The van der Waals surface area contributed by atoms with Crippen molar-refractivity contribution < 1.29 is 0 Å². The maximum absolute atomic E-state index is 9.08. The molecular formula is C11H7ClN4S. The van der Waals surface area contributed by atoms with E-state index < -0.39 is 0 Å². The Hall–Kier alpha value is -1.90. The molecule has 84 valence electrons. The average Bonchev–Trinajstić information content (AvgIpc) is 2.28. The van der Waals surface area contributed by atoms with E-state index in [0.29, 0.717) is 16.3 Å². The summed E-state index contributed by atoms with van der Waals surface area (Å²) in [5, 5.41) is 9.59. The molecule has 3 N–H and O–H groups in total. The summed E-state index contributed by atoms with van der Waals surface area (Å²) in [6.45, 7) is 0. The number of halogens is 1. The second-order valence-electron chi connectivity index (χ2n) is 3.27. The van der Waals surface area contributed by atoms with Crippen molar-refractivity contribution in [2.45, 2.75) is 0 Å². The molecule has 0 fully saturated rings. The number of aromatic amines is 1. The second-order valence-corrected chi connectivity index (χ2v) is 4.06. The van der Waals surface area contributed by atoms with Gasteiger partial charge >= 0.3 is 0 Å². The summed E-state index contributed by atoms with van der Waals surface area (Å²) >= 11 is 11.0. The van der Waals surface area contributed by atoms with Crippen LogP contribution >= 0.6 is 23.8 Å². The lowest BCUT2D eigenvalue weighted by Gasteiger charge is -2.07. The molecule has 0 aliphatic carbocycles. The largest absolute Gasteiger partial charge is 0.382 e. The molecule has 1 aromatic heterocycles. The third-order valence-electron chi connectivity index (χ3n) is 2.22. The number of benzene rings is 1. The summed E-state index contributed by atoms with van der Waals surface area (Å²) < 4.78 is 0.219. The summed E-state index contributed by atoms with van der Waals surface area (Å²) in [5.41, 5.74) is 7.07. The van der Waals surface area contributed by atoms with Gasteiger partial charge < -0.3 is 10.7 Å². The molecule has 0 unspecified atom stereocenters. The number of nitrogens with zero attached hydrogens (tertiary/aromatic N) is 2. The van der Waals surface area contributed by atoms with Crippen molar-refractivity contribution in [2.75, 3.05) is 5.73 Å². The molecule has 0 bridgehead atoms. The highest BCUT2D eigenvalue weighted by Crippen LogP contribution is 2.29. The van der Waals surface area contributed by atoms with Gasteiger partial charge in [-0.15, -0.1) is 0 Å². The predicted molar refractivity (Wildman–Crippen MR) is 69.0 cm³/mol. The molecule has 0 saturated carbocycles. The number of rotatable bonds is 1. The lowest BCUT2D eigenvalue weighted by molar-refractivity contribution is 1.13. The first-order valence-electron chi connectivity index (χ1n) is 4.68. The van der Waals surface area contributed by atoms with E-state index >= 15 is 0 Å². The van der Waals surface area contributed by atoms with Gasteiger partial charge in [-0.3, -0.25) is 0 Å². The molecule has 0 saturated heterocycles. The molecule has 0 atom stereocenters. The Bertz CT molecular complexity index is 672. The van der Waals surface area contributed by atoms with Gasteiger partial charge in [-0.25, -0.2) is 4.98 Å². The summed E-state index contributed by atoms with van der Waals surface area (Å²) in [4.78, 5) is 6.67. The number of nitriles is 1. The SMILES string of the molecule is N#Cc1c(N)nc(=S)[nH]c1-c1ccccc1Cl. The van der Waals surface area contributed by atoms with Crippen molar-refractivity contribution in [3.63, 3.8) is 0 Å². The Morgan fingerprint density at radius 1 is 1.41 bits per heavy atom. The molecule has 2 aromatic rings. The minimum atomic E-state index is 0.103. The van der Waals surface area contributed by atoms with Crippen LogP contribution in [0, 0.1) is 16.1 Å². The smallest absolute Gasteiger partial charge is 0.199 e. The van der Waals surface area contributed by atoms with E-state index in [2.05, 4.69) is 9.97 Å². The normalized spacial score (nSPS) is 9.88. The minimum Gasteiger partial charge on any atom is -0.382 e. The van der Waals surface area contributed by atoms with E-state index in [-0.39, 0.29) is 16.2 Å². The second kappa shape index (κ2) is 4.53. The van der Waals surface area contributed by atoms with Crippen LogP contribution < -0.4 is 5.73 Å². The van der Waals surface area contributed by atoms with E-state index in [1.807, 2.05) is 12.1 Å². The lowest BCUT2D eigenvalue weighted by atomic mass is 10.1. The number of H-pyrrole nitrogens is 1.